The zero-order chi connectivity index (χ0) is 13.7. The van der Waals surface area contributed by atoms with Crippen molar-refractivity contribution >= 4 is 17.3 Å². The second-order valence-electron chi connectivity index (χ2n) is 4.24. The first-order valence-corrected chi connectivity index (χ1v) is 6.13. The van der Waals surface area contributed by atoms with E-state index < -0.39 is 0 Å². The van der Waals surface area contributed by atoms with Crippen molar-refractivity contribution in [1.82, 2.24) is 15.0 Å². The molecule has 6 heteroatoms. The largest absolute Gasteiger partial charge is 0.358 e. The van der Waals surface area contributed by atoms with E-state index in [-0.39, 0.29) is 0 Å². The molecule has 0 aliphatic carbocycles. The lowest BCUT2D eigenvalue weighted by Crippen LogP contribution is -2.26. The predicted octanol–water partition coefficient (Wildman–Crippen LogP) is 1.32. The van der Waals surface area contributed by atoms with Crippen LogP contribution in [0.3, 0.4) is 0 Å². The maximum atomic E-state index is 5.56. The minimum Gasteiger partial charge on any atom is -0.358 e. The third-order valence-corrected chi connectivity index (χ3v) is 2.61. The van der Waals surface area contributed by atoms with Gasteiger partial charge in [0.2, 0.25) is 0 Å². The van der Waals surface area contributed by atoms with E-state index in [1.54, 1.807) is 12.4 Å². The van der Waals surface area contributed by atoms with E-state index >= 15 is 0 Å². The Hall–Kier alpha value is -2.21. The van der Waals surface area contributed by atoms with Gasteiger partial charge in [0.1, 0.15) is 17.5 Å². The number of nitrogens with one attached hydrogen (secondary N) is 1. The zero-order valence-electron chi connectivity index (χ0n) is 11.2. The molecule has 100 valence electrons. The Kier molecular flexibility index (Phi) is 4.25. The number of nitrogens with zero attached hydrogens (tertiary/aromatic N) is 4. The highest BCUT2D eigenvalue weighted by Crippen LogP contribution is 2.18. The van der Waals surface area contributed by atoms with Gasteiger partial charge in [-0.25, -0.2) is 9.97 Å². The number of anilines is 3. The van der Waals surface area contributed by atoms with Crippen LogP contribution in [0.1, 0.15) is 5.82 Å². The van der Waals surface area contributed by atoms with E-state index in [0.717, 1.165) is 23.9 Å². The molecule has 19 heavy (non-hydrogen) atoms. The van der Waals surface area contributed by atoms with Crippen molar-refractivity contribution in [2.45, 2.75) is 6.92 Å². The van der Waals surface area contributed by atoms with Gasteiger partial charge in [0.05, 0.1) is 11.9 Å². The summed E-state index contributed by atoms with van der Waals surface area (Å²) in [5.74, 6) is 2.32. The van der Waals surface area contributed by atoms with Crippen molar-refractivity contribution < 1.29 is 0 Å². The third-order valence-electron chi connectivity index (χ3n) is 2.61. The first kappa shape index (κ1) is 13.2. The average molecular weight is 258 g/mol. The summed E-state index contributed by atoms with van der Waals surface area (Å²) in [5, 5.41) is 3.21. The molecule has 2 aromatic heterocycles. The number of aromatic nitrogens is 3. The van der Waals surface area contributed by atoms with Crippen LogP contribution in [0.25, 0.3) is 0 Å². The summed E-state index contributed by atoms with van der Waals surface area (Å²) in [6, 6.07) is 5.71. The number of rotatable bonds is 5. The van der Waals surface area contributed by atoms with Crippen molar-refractivity contribution in [3.63, 3.8) is 0 Å². The summed E-state index contributed by atoms with van der Waals surface area (Å²) in [5.41, 5.74) is 6.45. The number of pyridine rings is 1. The molecular weight excluding hydrogens is 240 g/mol. The molecule has 0 bridgehead atoms. The van der Waals surface area contributed by atoms with E-state index in [1.807, 2.05) is 37.1 Å². The second kappa shape index (κ2) is 6.10. The average Bonchev–Trinajstić information content (AvgIpc) is 2.39. The Morgan fingerprint density at radius 3 is 2.89 bits per heavy atom. The molecule has 0 atom stereocenters. The minimum atomic E-state index is 0.588. The molecule has 2 aromatic rings. The molecule has 0 spiro atoms. The van der Waals surface area contributed by atoms with E-state index in [9.17, 15) is 0 Å². The molecule has 0 aliphatic rings. The lowest BCUT2D eigenvalue weighted by molar-refractivity contribution is 0.857. The molecule has 0 radical (unpaired) electrons. The van der Waals surface area contributed by atoms with Crippen LogP contribution >= 0.6 is 0 Å². The molecule has 2 rings (SSSR count). The third kappa shape index (κ3) is 3.62. The number of likely N-dealkylation sites (N-methyl/N-ethyl adjacent to an activating group) is 1. The standard InChI is InChI=1S/C13H18N6/c1-10-16-12(18-11-4-3-6-15-9-11)8-13(17-10)19(2)7-5-14/h3-4,6,8-9H,5,7,14H2,1-2H3,(H,16,17,18). The molecule has 0 unspecified atom stereocenters. The lowest BCUT2D eigenvalue weighted by atomic mass is 10.4. The van der Waals surface area contributed by atoms with Crippen LogP contribution in [0.4, 0.5) is 17.3 Å². The monoisotopic (exact) mass is 258 g/mol. The predicted molar refractivity (Wildman–Crippen MR) is 76.6 cm³/mol. The van der Waals surface area contributed by atoms with Gasteiger partial charge in [0.15, 0.2) is 0 Å². The molecule has 0 aliphatic heterocycles. The topological polar surface area (TPSA) is 80.0 Å². The summed E-state index contributed by atoms with van der Waals surface area (Å²) in [6.45, 7) is 3.21. The van der Waals surface area contributed by atoms with Crippen molar-refractivity contribution in [2.24, 2.45) is 5.73 Å². The van der Waals surface area contributed by atoms with E-state index in [1.165, 1.54) is 0 Å². The van der Waals surface area contributed by atoms with Gasteiger partial charge >= 0.3 is 0 Å². The summed E-state index contributed by atoms with van der Waals surface area (Å²) < 4.78 is 0. The maximum Gasteiger partial charge on any atom is 0.136 e. The summed E-state index contributed by atoms with van der Waals surface area (Å²) in [7, 11) is 1.96. The van der Waals surface area contributed by atoms with Crippen molar-refractivity contribution in [3.05, 3.63) is 36.4 Å². The number of hydrogen-bond acceptors (Lipinski definition) is 6. The van der Waals surface area contributed by atoms with Crippen LogP contribution in [0.2, 0.25) is 0 Å². The molecule has 3 N–H and O–H groups in total. The number of aryl methyl sites for hydroxylation is 1. The van der Waals surface area contributed by atoms with Crippen LogP contribution < -0.4 is 16.0 Å². The quantitative estimate of drug-likeness (QED) is 0.842. The van der Waals surface area contributed by atoms with Gasteiger partial charge in [0.25, 0.3) is 0 Å². The van der Waals surface area contributed by atoms with Crippen molar-refractivity contribution in [1.29, 1.82) is 0 Å². The normalized spacial score (nSPS) is 10.3. The van der Waals surface area contributed by atoms with Gasteiger partial charge < -0.3 is 16.0 Å². The summed E-state index contributed by atoms with van der Waals surface area (Å²) in [4.78, 5) is 14.8. The number of nitrogens with two attached hydrogens (primary N) is 1. The first-order chi connectivity index (χ1) is 9.19. The molecular formula is C13H18N6. The molecule has 0 saturated heterocycles. The molecule has 0 saturated carbocycles. The Morgan fingerprint density at radius 2 is 2.21 bits per heavy atom. The van der Waals surface area contributed by atoms with Crippen molar-refractivity contribution in [2.75, 3.05) is 30.4 Å². The van der Waals surface area contributed by atoms with Gasteiger partial charge in [-0.15, -0.1) is 0 Å². The second-order valence-corrected chi connectivity index (χ2v) is 4.24. The van der Waals surface area contributed by atoms with Crippen LogP contribution in [0.5, 0.6) is 0 Å². The van der Waals surface area contributed by atoms with Gasteiger partial charge in [-0.2, -0.15) is 0 Å². The summed E-state index contributed by atoms with van der Waals surface area (Å²) >= 11 is 0. The van der Waals surface area contributed by atoms with Gasteiger partial charge in [0, 0.05) is 32.4 Å². The molecule has 0 aromatic carbocycles. The van der Waals surface area contributed by atoms with Crippen LogP contribution in [-0.4, -0.2) is 35.1 Å². The van der Waals surface area contributed by atoms with Crippen LogP contribution in [-0.2, 0) is 0 Å². The van der Waals surface area contributed by atoms with E-state index in [0.29, 0.717) is 12.4 Å². The lowest BCUT2D eigenvalue weighted by Gasteiger charge is -2.18. The molecule has 0 fully saturated rings. The smallest absolute Gasteiger partial charge is 0.136 e. The maximum absolute atomic E-state index is 5.56. The van der Waals surface area contributed by atoms with E-state index in [4.69, 9.17) is 5.73 Å². The molecule has 0 amide bonds. The fraction of sp³-hybridized carbons (Fsp3) is 0.308. The Balaban J connectivity index is 2.21. The van der Waals surface area contributed by atoms with Crippen molar-refractivity contribution in [3.8, 4) is 0 Å². The van der Waals surface area contributed by atoms with Gasteiger partial charge in [-0.1, -0.05) is 0 Å². The Morgan fingerprint density at radius 1 is 1.37 bits per heavy atom. The number of hydrogen-bond donors (Lipinski definition) is 2. The first-order valence-electron chi connectivity index (χ1n) is 6.13. The highest BCUT2D eigenvalue weighted by atomic mass is 15.2. The molecule has 2 heterocycles. The minimum absolute atomic E-state index is 0.588. The fourth-order valence-corrected chi connectivity index (χ4v) is 1.70. The summed E-state index contributed by atoms with van der Waals surface area (Å²) in [6.07, 6.45) is 3.48. The van der Waals surface area contributed by atoms with Gasteiger partial charge in [-0.05, 0) is 19.1 Å². The van der Waals surface area contributed by atoms with E-state index in [2.05, 4.69) is 20.3 Å². The van der Waals surface area contributed by atoms with Gasteiger partial charge in [-0.3, -0.25) is 4.98 Å². The zero-order valence-corrected chi connectivity index (χ0v) is 11.2. The SMILES string of the molecule is Cc1nc(Nc2cccnc2)cc(N(C)CCN)n1. The fourth-order valence-electron chi connectivity index (χ4n) is 1.70. The highest BCUT2D eigenvalue weighted by Gasteiger charge is 2.06. The Labute approximate surface area is 112 Å². The van der Waals surface area contributed by atoms with Crippen LogP contribution in [0.15, 0.2) is 30.6 Å². The highest BCUT2D eigenvalue weighted by molar-refractivity contribution is 5.58. The Bertz CT molecular complexity index is 528. The molecule has 6 nitrogen and oxygen atoms in total. The van der Waals surface area contributed by atoms with Crippen LogP contribution in [0, 0.1) is 6.92 Å².